The van der Waals surface area contributed by atoms with E-state index in [4.69, 9.17) is 0 Å². The van der Waals surface area contributed by atoms with Crippen molar-refractivity contribution in [1.82, 2.24) is 9.97 Å². The summed E-state index contributed by atoms with van der Waals surface area (Å²) in [5.74, 6) is 0.485. The number of nitrogens with one attached hydrogen (secondary N) is 2. The molecule has 2 aliphatic rings. The monoisotopic (exact) mass is 529 g/mol. The maximum Gasteiger partial charge on any atom is 0.323 e. The van der Waals surface area contributed by atoms with Gasteiger partial charge in [-0.3, -0.25) is 14.8 Å². The summed E-state index contributed by atoms with van der Waals surface area (Å²) in [6.45, 7) is 10.5. The molecule has 2 aliphatic carbocycles. The molecule has 0 radical (unpaired) electrons. The molecule has 1 heterocycles. The minimum Gasteiger partial charge on any atom is -0.481 e. The fraction of sp³-hybridized carbons (Fsp3) is 0.484. The van der Waals surface area contributed by atoms with Crippen LogP contribution in [0.2, 0.25) is 0 Å². The largest absolute Gasteiger partial charge is 0.481 e. The summed E-state index contributed by atoms with van der Waals surface area (Å²) in [5, 5.41) is 16.0. The van der Waals surface area contributed by atoms with Crippen LogP contribution in [0.1, 0.15) is 58.4 Å². The molecule has 5 rings (SSSR count). The maximum atomic E-state index is 13.3. The first kappa shape index (κ1) is 26.9. The number of urea groups is 1. The molecular weight excluding hydrogens is 490 g/mol. The molecule has 3 aromatic rings. The third kappa shape index (κ3) is 6.00. The topological polar surface area (TPSA) is 107 Å². The predicted octanol–water partition coefficient (Wildman–Crippen LogP) is 6.61. The molecule has 39 heavy (non-hydrogen) atoms. The second-order valence-electron chi connectivity index (χ2n) is 12.0. The molecule has 2 saturated carbocycles. The zero-order chi connectivity index (χ0) is 27.7. The Kier molecular flexibility index (Phi) is 7.73. The lowest BCUT2D eigenvalue weighted by atomic mass is 9.80. The van der Waals surface area contributed by atoms with Crippen LogP contribution < -0.4 is 15.5 Å². The van der Waals surface area contributed by atoms with Gasteiger partial charge in [-0.05, 0) is 59.6 Å². The zero-order valence-electron chi connectivity index (χ0n) is 23.2. The second-order valence-corrected chi connectivity index (χ2v) is 12.0. The van der Waals surface area contributed by atoms with Gasteiger partial charge in [0.25, 0.3) is 0 Å². The number of anilines is 3. The number of aromatic nitrogens is 2. The lowest BCUT2D eigenvalue weighted by molar-refractivity contribution is -0.139. The van der Waals surface area contributed by atoms with Crippen molar-refractivity contribution in [2.75, 3.05) is 28.6 Å². The molecule has 0 aliphatic heterocycles. The number of rotatable bonds is 10. The molecule has 8 heteroatoms. The van der Waals surface area contributed by atoms with Crippen LogP contribution in [0.25, 0.3) is 11.0 Å². The Hall–Kier alpha value is -3.68. The molecule has 206 valence electrons. The van der Waals surface area contributed by atoms with Gasteiger partial charge in [0.1, 0.15) is 0 Å². The Labute approximate surface area is 230 Å². The SMILES string of the molecule is CC(C)CN(CC(C)C)c1ccc(C2C(C(=O)O)C2C2CCC2)cc1NC(=O)Nc1ccc2nccnc2c1. The number of nitrogens with zero attached hydrogens (tertiary/aromatic N) is 3. The second kappa shape index (κ2) is 11.2. The fourth-order valence-electron chi connectivity index (χ4n) is 6.11. The summed E-state index contributed by atoms with van der Waals surface area (Å²) in [4.78, 5) is 36.3. The Morgan fingerprint density at radius 2 is 1.64 bits per heavy atom. The van der Waals surface area contributed by atoms with E-state index in [-0.39, 0.29) is 23.8 Å². The third-order valence-electron chi connectivity index (χ3n) is 7.95. The van der Waals surface area contributed by atoms with Gasteiger partial charge >= 0.3 is 12.0 Å². The first-order valence-corrected chi connectivity index (χ1v) is 14.1. The van der Waals surface area contributed by atoms with E-state index >= 15 is 0 Å². The Balaban J connectivity index is 1.44. The molecule has 3 N–H and O–H groups in total. The molecule has 8 nitrogen and oxygen atoms in total. The fourth-order valence-corrected chi connectivity index (χ4v) is 6.11. The van der Waals surface area contributed by atoms with Crippen molar-refractivity contribution in [3.05, 3.63) is 54.4 Å². The van der Waals surface area contributed by atoms with Crippen LogP contribution in [0.4, 0.5) is 21.9 Å². The van der Waals surface area contributed by atoms with Gasteiger partial charge in [-0.15, -0.1) is 0 Å². The number of carboxylic acid groups (broad SMARTS) is 1. The van der Waals surface area contributed by atoms with E-state index in [1.807, 2.05) is 18.2 Å². The number of fused-ring (bicyclic) bond motifs is 1. The van der Waals surface area contributed by atoms with Gasteiger partial charge in [-0.2, -0.15) is 0 Å². The summed E-state index contributed by atoms with van der Waals surface area (Å²) in [6, 6.07) is 11.2. The highest BCUT2D eigenvalue weighted by Crippen LogP contribution is 2.62. The van der Waals surface area contributed by atoms with Crippen molar-refractivity contribution in [2.45, 2.75) is 52.9 Å². The number of hydrogen-bond donors (Lipinski definition) is 3. The van der Waals surface area contributed by atoms with Crippen LogP contribution in [0.3, 0.4) is 0 Å². The summed E-state index contributed by atoms with van der Waals surface area (Å²) in [5.41, 5.74) is 4.73. The molecule has 1 aromatic heterocycles. The van der Waals surface area contributed by atoms with Gasteiger partial charge < -0.3 is 20.6 Å². The van der Waals surface area contributed by atoms with Crippen molar-refractivity contribution in [3.8, 4) is 0 Å². The smallest absolute Gasteiger partial charge is 0.323 e. The van der Waals surface area contributed by atoms with E-state index in [0.29, 0.717) is 34.6 Å². The number of benzene rings is 2. The van der Waals surface area contributed by atoms with Gasteiger partial charge in [0.05, 0.1) is 28.3 Å². The summed E-state index contributed by atoms with van der Waals surface area (Å²) in [7, 11) is 0. The standard InChI is InChI=1S/C31H39N5O3/c1-18(2)16-36(17-19(3)4)26-11-8-21(28-27(20-6-5-7-20)29(28)30(37)38)14-25(26)35-31(39)34-22-9-10-23-24(15-22)33-13-12-32-23/h8-15,18-20,27-29H,5-7,16-17H2,1-4H3,(H,37,38)(H2,34,35,39). The van der Waals surface area contributed by atoms with Crippen LogP contribution in [0, 0.1) is 29.6 Å². The van der Waals surface area contributed by atoms with E-state index < -0.39 is 5.97 Å². The average Bonchev–Trinajstić information content (AvgIpc) is 3.57. The minimum atomic E-state index is -0.714. The predicted molar refractivity (Wildman–Crippen MR) is 155 cm³/mol. The number of carboxylic acids is 1. The molecule has 3 atom stereocenters. The molecule has 2 aromatic carbocycles. The molecule has 2 fully saturated rings. The normalized spacial score (nSPS) is 20.6. The van der Waals surface area contributed by atoms with E-state index in [1.165, 1.54) is 6.42 Å². The number of carbonyl (C=O) groups is 2. The maximum absolute atomic E-state index is 13.3. The Morgan fingerprint density at radius 1 is 0.949 bits per heavy atom. The lowest BCUT2D eigenvalue weighted by Gasteiger charge is -2.31. The Bertz CT molecular complexity index is 1340. The highest BCUT2D eigenvalue weighted by Gasteiger charge is 2.59. The number of aliphatic carboxylic acids is 1. The van der Waals surface area contributed by atoms with Crippen molar-refractivity contribution < 1.29 is 14.7 Å². The van der Waals surface area contributed by atoms with Gasteiger partial charge in [-0.1, -0.05) is 53.0 Å². The quantitative estimate of drug-likeness (QED) is 0.273. The number of carbonyl (C=O) groups excluding carboxylic acids is 1. The van der Waals surface area contributed by atoms with E-state index in [9.17, 15) is 14.7 Å². The summed E-state index contributed by atoms with van der Waals surface area (Å²) >= 11 is 0. The van der Waals surface area contributed by atoms with Crippen LogP contribution in [-0.4, -0.2) is 40.2 Å². The zero-order valence-corrected chi connectivity index (χ0v) is 23.2. The van der Waals surface area contributed by atoms with Crippen molar-refractivity contribution in [3.63, 3.8) is 0 Å². The lowest BCUT2D eigenvalue weighted by Crippen LogP contribution is -2.32. The van der Waals surface area contributed by atoms with E-state index in [0.717, 1.165) is 42.7 Å². The molecule has 0 bridgehead atoms. The highest BCUT2D eigenvalue weighted by atomic mass is 16.4. The van der Waals surface area contributed by atoms with Gasteiger partial charge in [0.15, 0.2) is 0 Å². The molecule has 0 spiro atoms. The van der Waals surface area contributed by atoms with Crippen LogP contribution in [0.15, 0.2) is 48.8 Å². The average molecular weight is 530 g/mol. The first-order valence-electron chi connectivity index (χ1n) is 14.1. The van der Waals surface area contributed by atoms with Crippen LogP contribution >= 0.6 is 0 Å². The highest BCUT2D eigenvalue weighted by molar-refractivity contribution is 6.02. The first-order chi connectivity index (χ1) is 18.7. The van der Waals surface area contributed by atoms with Crippen molar-refractivity contribution in [1.29, 1.82) is 0 Å². The molecule has 2 amide bonds. The van der Waals surface area contributed by atoms with Gasteiger partial charge in [0, 0.05) is 37.1 Å². The number of hydrogen-bond acceptors (Lipinski definition) is 5. The molecule has 0 saturated heterocycles. The van der Waals surface area contributed by atoms with Crippen LogP contribution in [0.5, 0.6) is 0 Å². The summed E-state index contributed by atoms with van der Waals surface area (Å²) < 4.78 is 0. The van der Waals surface area contributed by atoms with E-state index in [2.05, 4.69) is 65.3 Å². The van der Waals surface area contributed by atoms with Crippen molar-refractivity contribution >= 4 is 40.1 Å². The minimum absolute atomic E-state index is 0.00632. The van der Waals surface area contributed by atoms with Gasteiger partial charge in [0.2, 0.25) is 0 Å². The van der Waals surface area contributed by atoms with Crippen molar-refractivity contribution in [2.24, 2.45) is 29.6 Å². The summed E-state index contributed by atoms with van der Waals surface area (Å²) in [6.07, 6.45) is 6.68. The van der Waals surface area contributed by atoms with Crippen LogP contribution in [-0.2, 0) is 4.79 Å². The van der Waals surface area contributed by atoms with Gasteiger partial charge in [-0.25, -0.2) is 4.79 Å². The molecule has 3 unspecified atom stereocenters. The van der Waals surface area contributed by atoms with E-state index in [1.54, 1.807) is 18.5 Å². The third-order valence-corrected chi connectivity index (χ3v) is 7.95. The number of amides is 2. The molecular formula is C31H39N5O3. The Morgan fingerprint density at radius 3 is 2.26 bits per heavy atom.